The number of carbonyl (C=O) groups excluding carboxylic acids is 2. The van der Waals surface area contributed by atoms with Crippen LogP contribution in [0.3, 0.4) is 0 Å². The van der Waals surface area contributed by atoms with E-state index in [-0.39, 0.29) is 42.9 Å². The zero-order valence-corrected chi connectivity index (χ0v) is 19.3. The number of aliphatic carboxylic acids is 1. The van der Waals surface area contributed by atoms with Crippen molar-refractivity contribution in [1.29, 1.82) is 0 Å². The first-order valence-electron chi connectivity index (χ1n) is 12.0. The van der Waals surface area contributed by atoms with E-state index >= 15 is 0 Å². The van der Waals surface area contributed by atoms with Crippen molar-refractivity contribution in [3.63, 3.8) is 0 Å². The van der Waals surface area contributed by atoms with E-state index in [0.717, 1.165) is 12.8 Å². The quantitative estimate of drug-likeness (QED) is 0.549. The van der Waals surface area contributed by atoms with Crippen LogP contribution in [0.25, 0.3) is 11.1 Å². The van der Waals surface area contributed by atoms with Gasteiger partial charge in [-0.3, -0.25) is 9.59 Å². The highest BCUT2D eigenvalue weighted by Crippen LogP contribution is 2.63. The molecule has 2 saturated carbocycles. The summed E-state index contributed by atoms with van der Waals surface area (Å²) in [5.74, 6) is -0.610. The zero-order chi connectivity index (χ0) is 23.9. The molecule has 0 radical (unpaired) electrons. The minimum absolute atomic E-state index is 0.0135. The van der Waals surface area contributed by atoms with Crippen LogP contribution in [0.2, 0.25) is 0 Å². The van der Waals surface area contributed by atoms with E-state index < -0.39 is 17.5 Å². The summed E-state index contributed by atoms with van der Waals surface area (Å²) in [5.41, 5.74) is 4.29. The molecule has 1 unspecified atom stereocenters. The summed E-state index contributed by atoms with van der Waals surface area (Å²) in [4.78, 5) is 36.2. The maximum Gasteiger partial charge on any atom is 0.407 e. The van der Waals surface area contributed by atoms with Crippen LogP contribution in [-0.4, -0.2) is 41.8 Å². The molecule has 3 aliphatic carbocycles. The summed E-state index contributed by atoms with van der Waals surface area (Å²) in [6.45, 7) is 2.10. The molecule has 0 saturated heterocycles. The number of carbonyl (C=O) groups is 3. The van der Waals surface area contributed by atoms with E-state index in [4.69, 9.17) is 9.84 Å². The SMILES string of the molecule is CC(CCC(=O)O)NC(=O)[C@@]12C[C@@H](NC(=O)OCC3c4ccccc4-c4ccccc43)C[C@@H]1C2. The van der Waals surface area contributed by atoms with Gasteiger partial charge in [-0.15, -0.1) is 0 Å². The van der Waals surface area contributed by atoms with Crippen LogP contribution in [0.1, 0.15) is 56.1 Å². The molecule has 4 atom stereocenters. The van der Waals surface area contributed by atoms with Gasteiger partial charge in [-0.25, -0.2) is 4.79 Å². The molecule has 0 bridgehead atoms. The molecule has 34 heavy (non-hydrogen) atoms. The second kappa shape index (κ2) is 8.78. The van der Waals surface area contributed by atoms with E-state index in [9.17, 15) is 14.4 Å². The van der Waals surface area contributed by atoms with Crippen molar-refractivity contribution in [2.75, 3.05) is 6.61 Å². The van der Waals surface area contributed by atoms with Crippen molar-refractivity contribution in [1.82, 2.24) is 10.6 Å². The van der Waals surface area contributed by atoms with Crippen molar-refractivity contribution < 1.29 is 24.2 Å². The Labute approximate surface area is 198 Å². The highest BCUT2D eigenvalue weighted by molar-refractivity contribution is 5.87. The van der Waals surface area contributed by atoms with E-state index in [1.165, 1.54) is 22.3 Å². The van der Waals surface area contributed by atoms with Gasteiger partial charge >= 0.3 is 12.1 Å². The summed E-state index contributed by atoms with van der Waals surface area (Å²) in [5, 5.41) is 14.8. The number of amides is 2. The number of hydrogen-bond donors (Lipinski definition) is 3. The van der Waals surface area contributed by atoms with Crippen LogP contribution in [0.4, 0.5) is 4.79 Å². The zero-order valence-electron chi connectivity index (χ0n) is 19.3. The normalized spacial score (nSPS) is 25.0. The fourth-order valence-corrected chi connectivity index (χ4v) is 5.87. The van der Waals surface area contributed by atoms with Gasteiger partial charge < -0.3 is 20.5 Å². The molecule has 3 aliphatic rings. The van der Waals surface area contributed by atoms with Gasteiger partial charge in [0, 0.05) is 24.4 Å². The molecule has 7 heteroatoms. The number of ether oxygens (including phenoxy) is 1. The lowest BCUT2D eigenvalue weighted by atomic mass is 9.98. The van der Waals surface area contributed by atoms with Crippen LogP contribution in [0.5, 0.6) is 0 Å². The first-order chi connectivity index (χ1) is 16.4. The van der Waals surface area contributed by atoms with E-state index in [1.807, 2.05) is 31.2 Å². The van der Waals surface area contributed by atoms with Crippen molar-refractivity contribution in [2.24, 2.45) is 11.3 Å². The second-order valence-electron chi connectivity index (χ2n) is 9.97. The molecule has 2 aromatic rings. The lowest BCUT2D eigenvalue weighted by molar-refractivity contribution is -0.137. The molecule has 0 aromatic heterocycles. The van der Waals surface area contributed by atoms with Gasteiger partial charge in [0.05, 0.1) is 5.41 Å². The molecule has 7 nitrogen and oxygen atoms in total. The minimum atomic E-state index is -0.864. The smallest absolute Gasteiger partial charge is 0.407 e. The molecule has 0 aliphatic heterocycles. The first-order valence-corrected chi connectivity index (χ1v) is 12.0. The van der Waals surface area contributed by atoms with Gasteiger partial charge in [0.25, 0.3) is 0 Å². The van der Waals surface area contributed by atoms with Gasteiger partial charge in [-0.1, -0.05) is 48.5 Å². The number of rotatable bonds is 8. The third-order valence-corrected chi connectivity index (χ3v) is 7.70. The number of fused-ring (bicyclic) bond motifs is 4. The number of nitrogens with one attached hydrogen (secondary N) is 2. The third kappa shape index (κ3) is 4.15. The fraction of sp³-hybridized carbons (Fsp3) is 0.444. The van der Waals surface area contributed by atoms with Crippen molar-refractivity contribution in [2.45, 2.75) is 57.0 Å². The molecule has 0 heterocycles. The second-order valence-corrected chi connectivity index (χ2v) is 9.97. The number of alkyl carbamates (subject to hydrolysis) is 1. The molecule has 0 spiro atoms. The molecule has 3 N–H and O–H groups in total. The summed E-state index contributed by atoms with van der Waals surface area (Å²) in [6.07, 6.45) is 2.18. The number of carboxylic acids is 1. The Balaban J connectivity index is 1.14. The van der Waals surface area contributed by atoms with Crippen molar-refractivity contribution in [3.05, 3.63) is 59.7 Å². The monoisotopic (exact) mass is 462 g/mol. The summed E-state index contributed by atoms with van der Waals surface area (Å²) < 4.78 is 5.66. The Morgan fingerprint density at radius 1 is 1.06 bits per heavy atom. The Morgan fingerprint density at radius 2 is 1.71 bits per heavy atom. The van der Waals surface area contributed by atoms with Crippen molar-refractivity contribution >= 4 is 18.0 Å². The Kier molecular flexibility index (Phi) is 5.80. The predicted octanol–water partition coefficient (Wildman–Crippen LogP) is 4.06. The van der Waals surface area contributed by atoms with Crippen LogP contribution in [-0.2, 0) is 14.3 Å². The molecular weight excluding hydrogens is 432 g/mol. The van der Waals surface area contributed by atoms with E-state index in [1.54, 1.807) is 0 Å². The topological polar surface area (TPSA) is 105 Å². The largest absolute Gasteiger partial charge is 0.481 e. The summed E-state index contributed by atoms with van der Waals surface area (Å²) in [7, 11) is 0. The van der Waals surface area contributed by atoms with Gasteiger partial charge in [0.1, 0.15) is 6.61 Å². The average Bonchev–Trinajstić information content (AvgIpc) is 3.25. The number of benzene rings is 2. The lowest BCUT2D eigenvalue weighted by Gasteiger charge is -2.21. The highest BCUT2D eigenvalue weighted by Gasteiger charge is 2.65. The van der Waals surface area contributed by atoms with Crippen LogP contribution < -0.4 is 10.6 Å². The summed E-state index contributed by atoms with van der Waals surface area (Å²) in [6, 6.07) is 16.2. The van der Waals surface area contributed by atoms with Crippen LogP contribution in [0, 0.1) is 11.3 Å². The molecule has 2 aromatic carbocycles. The Bertz CT molecular complexity index is 1090. The first kappa shape index (κ1) is 22.4. The van der Waals surface area contributed by atoms with Gasteiger partial charge in [-0.2, -0.15) is 0 Å². The van der Waals surface area contributed by atoms with Gasteiger partial charge in [0.2, 0.25) is 5.91 Å². The third-order valence-electron chi connectivity index (χ3n) is 7.70. The number of carboxylic acid groups (broad SMARTS) is 1. The average molecular weight is 463 g/mol. The van der Waals surface area contributed by atoms with Gasteiger partial charge in [-0.05, 0) is 60.8 Å². The lowest BCUT2D eigenvalue weighted by Crippen LogP contribution is -2.41. The Hall–Kier alpha value is -3.35. The van der Waals surface area contributed by atoms with Gasteiger partial charge in [0.15, 0.2) is 0 Å². The molecule has 5 rings (SSSR count). The van der Waals surface area contributed by atoms with Crippen LogP contribution in [0.15, 0.2) is 48.5 Å². The predicted molar refractivity (Wildman–Crippen MR) is 126 cm³/mol. The maximum atomic E-state index is 12.8. The number of hydrogen-bond acceptors (Lipinski definition) is 4. The molecule has 2 amide bonds. The van der Waals surface area contributed by atoms with Crippen LogP contribution >= 0.6 is 0 Å². The van der Waals surface area contributed by atoms with E-state index in [2.05, 4.69) is 34.9 Å². The highest BCUT2D eigenvalue weighted by atomic mass is 16.5. The molecule has 2 fully saturated rings. The van der Waals surface area contributed by atoms with Crippen molar-refractivity contribution in [3.8, 4) is 11.1 Å². The maximum absolute atomic E-state index is 12.8. The molecule has 178 valence electrons. The summed E-state index contributed by atoms with van der Waals surface area (Å²) >= 11 is 0. The standard InChI is InChI=1S/C27H30N2O5/c1-16(10-11-24(30)31)28-25(32)27-13-17(27)12-18(14-27)29-26(33)34-15-23-21-8-4-2-6-19(21)20-7-3-5-9-22(20)23/h2-9,16-18,23H,10-15H2,1H3,(H,28,32)(H,29,33)(H,30,31)/t16?,17-,18+,27+/m1/s1. The Morgan fingerprint density at radius 3 is 2.35 bits per heavy atom. The van der Waals surface area contributed by atoms with E-state index in [0.29, 0.717) is 12.8 Å². The molecular formula is C27H30N2O5. The minimum Gasteiger partial charge on any atom is -0.481 e. The fourth-order valence-electron chi connectivity index (χ4n) is 5.87.